The molecule has 0 bridgehead atoms. The van der Waals surface area contributed by atoms with E-state index in [1.54, 1.807) is 0 Å². The molecule has 0 saturated carbocycles. The molecule has 1 N–H and O–H groups in total. The van der Waals surface area contributed by atoms with E-state index in [4.69, 9.17) is 0 Å². The van der Waals surface area contributed by atoms with Gasteiger partial charge in [0.1, 0.15) is 5.69 Å². The molecule has 2 unspecified atom stereocenters. The highest BCUT2D eigenvalue weighted by Crippen LogP contribution is 2.22. The number of amides is 1. The number of nitrogens with zero attached hydrogens (tertiary/aromatic N) is 3. The number of piperidine rings is 1. The molecule has 0 spiro atoms. The highest BCUT2D eigenvalue weighted by atomic mass is 16.2. The molecule has 2 heterocycles. The second-order valence-corrected chi connectivity index (χ2v) is 7.82. The van der Waals surface area contributed by atoms with Crippen LogP contribution in [0.25, 0.3) is 0 Å². The minimum absolute atomic E-state index is 0.236. The first kappa shape index (κ1) is 19.3. The van der Waals surface area contributed by atoms with Gasteiger partial charge in [0, 0.05) is 39.3 Å². The zero-order chi connectivity index (χ0) is 19.4. The van der Waals surface area contributed by atoms with E-state index >= 15 is 0 Å². The Labute approximate surface area is 160 Å². The first-order chi connectivity index (χ1) is 12.9. The Bertz CT molecular complexity index is 834. The summed E-state index contributed by atoms with van der Waals surface area (Å²) in [7, 11) is 1.53. The SMILES string of the molecule is CC1CC(C)CN(Cc2ccc(CNC(=O)c3ccc(=O)n(C)n3)cc2)C1. The fourth-order valence-corrected chi connectivity index (χ4v) is 3.84. The lowest BCUT2D eigenvalue weighted by Gasteiger charge is -2.35. The number of benzene rings is 1. The highest BCUT2D eigenvalue weighted by molar-refractivity contribution is 5.91. The monoisotopic (exact) mass is 368 g/mol. The van der Waals surface area contributed by atoms with Gasteiger partial charge in [-0.05, 0) is 35.4 Å². The average molecular weight is 368 g/mol. The van der Waals surface area contributed by atoms with Crippen molar-refractivity contribution in [1.82, 2.24) is 20.0 Å². The van der Waals surface area contributed by atoms with Crippen LogP contribution in [0.5, 0.6) is 0 Å². The lowest BCUT2D eigenvalue weighted by atomic mass is 9.91. The topological polar surface area (TPSA) is 67.2 Å². The predicted molar refractivity (Wildman–Crippen MR) is 105 cm³/mol. The molecule has 6 heteroatoms. The van der Waals surface area contributed by atoms with E-state index in [-0.39, 0.29) is 17.2 Å². The van der Waals surface area contributed by atoms with E-state index in [9.17, 15) is 9.59 Å². The summed E-state index contributed by atoms with van der Waals surface area (Å²) in [6.07, 6.45) is 1.32. The third-order valence-corrected chi connectivity index (χ3v) is 5.02. The second kappa shape index (κ2) is 8.48. The van der Waals surface area contributed by atoms with E-state index in [0.29, 0.717) is 6.54 Å². The van der Waals surface area contributed by atoms with Crippen molar-refractivity contribution in [2.24, 2.45) is 18.9 Å². The summed E-state index contributed by atoms with van der Waals surface area (Å²) in [5, 5.41) is 6.81. The molecule has 1 saturated heterocycles. The number of carbonyl (C=O) groups excluding carboxylic acids is 1. The van der Waals surface area contributed by atoms with Gasteiger partial charge in [0.05, 0.1) is 0 Å². The van der Waals surface area contributed by atoms with Crippen LogP contribution >= 0.6 is 0 Å². The lowest BCUT2D eigenvalue weighted by Crippen LogP contribution is -2.38. The first-order valence-corrected chi connectivity index (χ1v) is 9.53. The van der Waals surface area contributed by atoms with Gasteiger partial charge in [-0.25, -0.2) is 4.68 Å². The zero-order valence-corrected chi connectivity index (χ0v) is 16.3. The second-order valence-electron chi connectivity index (χ2n) is 7.82. The van der Waals surface area contributed by atoms with E-state index in [1.165, 1.54) is 31.2 Å². The molecule has 27 heavy (non-hydrogen) atoms. The van der Waals surface area contributed by atoms with Crippen molar-refractivity contribution in [2.45, 2.75) is 33.4 Å². The summed E-state index contributed by atoms with van der Waals surface area (Å²) in [5.41, 5.74) is 2.34. The summed E-state index contributed by atoms with van der Waals surface area (Å²) in [6, 6.07) is 11.2. The Hall–Kier alpha value is -2.47. The average Bonchev–Trinajstić information content (AvgIpc) is 2.62. The number of aromatic nitrogens is 2. The molecule has 1 fully saturated rings. The molecule has 144 valence electrons. The van der Waals surface area contributed by atoms with Crippen molar-refractivity contribution in [2.75, 3.05) is 13.1 Å². The number of likely N-dealkylation sites (tertiary alicyclic amines) is 1. The van der Waals surface area contributed by atoms with Crippen LogP contribution in [-0.2, 0) is 20.1 Å². The fraction of sp³-hybridized carbons (Fsp3) is 0.476. The van der Waals surface area contributed by atoms with E-state index in [2.05, 4.69) is 53.4 Å². The fourth-order valence-electron chi connectivity index (χ4n) is 3.84. The van der Waals surface area contributed by atoms with E-state index in [0.717, 1.165) is 41.7 Å². The third kappa shape index (κ3) is 5.26. The van der Waals surface area contributed by atoms with Gasteiger partial charge in [0.25, 0.3) is 11.5 Å². The maximum Gasteiger partial charge on any atom is 0.271 e. The van der Waals surface area contributed by atoms with Crippen LogP contribution in [-0.4, -0.2) is 33.7 Å². The van der Waals surface area contributed by atoms with Crippen LogP contribution in [0.1, 0.15) is 41.9 Å². The Balaban J connectivity index is 1.53. The molecule has 0 aliphatic carbocycles. The van der Waals surface area contributed by atoms with Crippen LogP contribution in [0, 0.1) is 11.8 Å². The Morgan fingerprint density at radius 3 is 2.33 bits per heavy atom. The van der Waals surface area contributed by atoms with Gasteiger partial charge in [0.15, 0.2) is 0 Å². The maximum atomic E-state index is 12.2. The standard InChI is InChI=1S/C21H28N4O2/c1-15-10-16(2)13-25(12-15)14-18-6-4-17(5-7-18)11-22-21(27)19-8-9-20(26)24(3)23-19/h4-9,15-16H,10-14H2,1-3H3,(H,22,27). The molecular weight excluding hydrogens is 340 g/mol. The molecule has 2 atom stereocenters. The highest BCUT2D eigenvalue weighted by Gasteiger charge is 2.21. The van der Waals surface area contributed by atoms with Gasteiger partial charge in [-0.15, -0.1) is 0 Å². The number of rotatable bonds is 5. The van der Waals surface area contributed by atoms with Crippen LogP contribution in [0.2, 0.25) is 0 Å². The third-order valence-electron chi connectivity index (χ3n) is 5.02. The summed E-state index contributed by atoms with van der Waals surface area (Å²) >= 11 is 0. The lowest BCUT2D eigenvalue weighted by molar-refractivity contribution is 0.0943. The van der Waals surface area contributed by atoms with E-state index < -0.39 is 0 Å². The molecule has 1 aliphatic rings. The van der Waals surface area contributed by atoms with Crippen molar-refractivity contribution in [1.29, 1.82) is 0 Å². The Kier molecular flexibility index (Phi) is 6.06. The van der Waals surface area contributed by atoms with Crippen molar-refractivity contribution >= 4 is 5.91 Å². The maximum absolute atomic E-state index is 12.2. The normalized spacial score (nSPS) is 20.4. The van der Waals surface area contributed by atoms with Crippen molar-refractivity contribution in [3.8, 4) is 0 Å². The number of aryl methyl sites for hydroxylation is 1. The summed E-state index contributed by atoms with van der Waals surface area (Å²) < 4.78 is 1.16. The minimum Gasteiger partial charge on any atom is -0.347 e. The van der Waals surface area contributed by atoms with Crippen molar-refractivity contribution < 1.29 is 4.79 Å². The predicted octanol–water partition coefficient (Wildman–Crippen LogP) is 2.19. The van der Waals surface area contributed by atoms with Crippen LogP contribution in [0.15, 0.2) is 41.2 Å². The molecule has 2 aromatic rings. The first-order valence-electron chi connectivity index (χ1n) is 9.53. The van der Waals surface area contributed by atoms with Crippen molar-refractivity contribution in [3.05, 3.63) is 63.6 Å². The summed E-state index contributed by atoms with van der Waals surface area (Å²) in [5.74, 6) is 1.23. The molecule has 1 aromatic carbocycles. The summed E-state index contributed by atoms with van der Waals surface area (Å²) in [4.78, 5) is 26.1. The molecule has 1 aliphatic heterocycles. The Morgan fingerprint density at radius 2 is 1.70 bits per heavy atom. The largest absolute Gasteiger partial charge is 0.347 e. The molecule has 6 nitrogen and oxygen atoms in total. The van der Waals surface area contributed by atoms with Crippen LogP contribution in [0.4, 0.5) is 0 Å². The number of hydrogen-bond acceptors (Lipinski definition) is 4. The number of carbonyl (C=O) groups is 1. The quantitative estimate of drug-likeness (QED) is 0.878. The smallest absolute Gasteiger partial charge is 0.271 e. The molecule has 3 rings (SSSR count). The van der Waals surface area contributed by atoms with Crippen molar-refractivity contribution in [3.63, 3.8) is 0 Å². The van der Waals surface area contributed by atoms with Gasteiger partial charge in [0.2, 0.25) is 0 Å². The van der Waals surface area contributed by atoms with Crippen LogP contribution in [0.3, 0.4) is 0 Å². The molecular formula is C21H28N4O2. The van der Waals surface area contributed by atoms with Gasteiger partial charge < -0.3 is 5.32 Å². The molecule has 0 radical (unpaired) electrons. The zero-order valence-electron chi connectivity index (χ0n) is 16.3. The Morgan fingerprint density at radius 1 is 1.07 bits per heavy atom. The van der Waals surface area contributed by atoms with Gasteiger partial charge in [-0.1, -0.05) is 38.1 Å². The number of hydrogen-bond donors (Lipinski definition) is 1. The van der Waals surface area contributed by atoms with Gasteiger partial charge >= 0.3 is 0 Å². The molecule has 1 amide bonds. The van der Waals surface area contributed by atoms with E-state index in [1.807, 2.05) is 0 Å². The van der Waals surface area contributed by atoms with Crippen LogP contribution < -0.4 is 10.9 Å². The minimum atomic E-state index is -0.286. The summed E-state index contributed by atoms with van der Waals surface area (Å²) in [6.45, 7) is 8.38. The number of nitrogens with one attached hydrogen (secondary N) is 1. The van der Waals surface area contributed by atoms with Gasteiger partial charge in [-0.2, -0.15) is 5.10 Å². The van der Waals surface area contributed by atoms with Gasteiger partial charge in [-0.3, -0.25) is 14.5 Å². The molecule has 1 aromatic heterocycles.